The lowest BCUT2D eigenvalue weighted by Gasteiger charge is -2.31. The highest BCUT2D eigenvalue weighted by Crippen LogP contribution is 2.39. The van der Waals surface area contributed by atoms with Gasteiger partial charge in [-0.25, -0.2) is 0 Å². The molecule has 0 saturated heterocycles. The van der Waals surface area contributed by atoms with Gasteiger partial charge in [0.15, 0.2) is 0 Å². The number of aromatic nitrogens is 1. The number of benzene rings is 2. The van der Waals surface area contributed by atoms with Crippen LogP contribution in [0.2, 0.25) is 0 Å². The Morgan fingerprint density at radius 2 is 1.33 bits per heavy atom. The maximum Gasteiger partial charge on any atom is 0.317 e. The number of carbonyl (C=O) groups is 3. The summed E-state index contributed by atoms with van der Waals surface area (Å²) in [5.41, 5.74) is 3.82. The maximum atomic E-state index is 13.5. The van der Waals surface area contributed by atoms with Gasteiger partial charge in [0.05, 0.1) is 27.4 Å². The first kappa shape index (κ1) is 38.3. The Hall–Kier alpha value is -4.98. The number of aliphatic hydroxyl groups is 1. The molecule has 0 saturated carbocycles. The van der Waals surface area contributed by atoms with Gasteiger partial charge in [0, 0.05) is 41.7 Å². The largest absolute Gasteiger partial charge is 0.506 e. The van der Waals surface area contributed by atoms with Crippen molar-refractivity contribution in [1.82, 2.24) is 0 Å². The number of aliphatic hydroxyl groups excluding tert-OH is 1. The van der Waals surface area contributed by atoms with Gasteiger partial charge < -0.3 is 19.5 Å². The molecule has 2 heterocycles. The SMILES string of the molecule is CCN1/C(=C/C2=C(O)C(=C\c3ccc4cc(OC(=O)C(CC)(CC)CC)ccc4[n+]3CC)/C2=O)C=Cc2cc(OC(=O)C(CC)(CC)CC)ccc21. The van der Waals surface area contributed by atoms with Crippen molar-refractivity contribution < 1.29 is 33.5 Å². The first-order valence-corrected chi connectivity index (χ1v) is 18.9. The van der Waals surface area contributed by atoms with Crippen molar-refractivity contribution in [2.75, 3.05) is 11.4 Å². The smallest absolute Gasteiger partial charge is 0.317 e. The van der Waals surface area contributed by atoms with Gasteiger partial charge in [0.1, 0.15) is 23.8 Å². The molecule has 8 heteroatoms. The molecule has 0 radical (unpaired) electrons. The molecule has 0 bridgehead atoms. The fourth-order valence-electron chi connectivity index (χ4n) is 7.52. The molecule has 8 nitrogen and oxygen atoms in total. The standard InChI is InChI=1S/C44H52N2O6/c1-9-43(10-2,11-3)41(49)51-33-21-23-37-29(25-33)17-19-31(45(37)15-7)27-35-39(47)36(40(35)48)28-32-20-18-30-26-34(22-24-38(30)46(32)16-8)52-42(50)44(12-4,13-5)14-6/h17-28H,9-16H2,1-8H3/p+1. The molecule has 1 aliphatic carbocycles. The van der Waals surface area contributed by atoms with Crippen molar-refractivity contribution in [3.8, 4) is 11.5 Å². The highest BCUT2D eigenvalue weighted by Gasteiger charge is 2.37. The molecule has 0 unspecified atom stereocenters. The molecule has 5 rings (SSSR count). The van der Waals surface area contributed by atoms with E-state index in [1.54, 1.807) is 12.2 Å². The van der Waals surface area contributed by atoms with Crippen molar-refractivity contribution >= 4 is 46.5 Å². The third-order valence-corrected chi connectivity index (χ3v) is 11.6. The number of hydrogen-bond donors (Lipinski definition) is 1. The fraction of sp³-hybridized carbons (Fsp3) is 0.409. The highest BCUT2D eigenvalue weighted by molar-refractivity contribution is 6.23. The van der Waals surface area contributed by atoms with Crippen molar-refractivity contribution in [3.63, 3.8) is 0 Å². The Balaban J connectivity index is 1.39. The van der Waals surface area contributed by atoms with Crippen molar-refractivity contribution in [2.24, 2.45) is 10.8 Å². The third-order valence-electron chi connectivity index (χ3n) is 11.6. The second kappa shape index (κ2) is 15.7. The predicted octanol–water partition coefficient (Wildman–Crippen LogP) is 9.61. The minimum Gasteiger partial charge on any atom is -0.506 e. The van der Waals surface area contributed by atoms with E-state index in [-0.39, 0.29) is 34.6 Å². The van der Waals surface area contributed by atoms with E-state index in [0.717, 1.165) is 72.1 Å². The molecule has 274 valence electrons. The number of fused-ring (bicyclic) bond motifs is 2. The van der Waals surface area contributed by atoms with Crippen LogP contribution in [0.1, 0.15) is 105 Å². The summed E-state index contributed by atoms with van der Waals surface area (Å²) in [6.45, 7) is 17.4. The van der Waals surface area contributed by atoms with Crippen LogP contribution in [0.4, 0.5) is 5.69 Å². The van der Waals surface area contributed by atoms with Crippen molar-refractivity contribution in [3.05, 3.63) is 94.5 Å². The number of ketones is 1. The fourth-order valence-corrected chi connectivity index (χ4v) is 7.52. The zero-order valence-corrected chi connectivity index (χ0v) is 32.0. The lowest BCUT2D eigenvalue weighted by Crippen LogP contribution is -2.37. The monoisotopic (exact) mass is 705 g/mol. The Morgan fingerprint density at radius 1 is 0.750 bits per heavy atom. The van der Waals surface area contributed by atoms with Crippen molar-refractivity contribution in [1.29, 1.82) is 0 Å². The average molecular weight is 706 g/mol. The number of ether oxygens (including phenoxy) is 2. The van der Waals surface area contributed by atoms with Crippen LogP contribution >= 0.6 is 0 Å². The zero-order chi connectivity index (χ0) is 37.8. The third kappa shape index (κ3) is 6.83. The quantitative estimate of drug-likeness (QED) is 0.0772. The summed E-state index contributed by atoms with van der Waals surface area (Å²) in [6.07, 6.45) is 11.6. The summed E-state index contributed by atoms with van der Waals surface area (Å²) in [4.78, 5) is 41.7. The van der Waals surface area contributed by atoms with Gasteiger partial charge in [-0.2, -0.15) is 4.57 Å². The topological polar surface area (TPSA) is 97.0 Å². The van der Waals surface area contributed by atoms with E-state index in [1.807, 2.05) is 116 Å². The molecule has 1 aliphatic heterocycles. The summed E-state index contributed by atoms with van der Waals surface area (Å²) in [6, 6.07) is 15.1. The van der Waals surface area contributed by atoms with E-state index in [4.69, 9.17) is 9.47 Å². The van der Waals surface area contributed by atoms with Gasteiger partial charge >= 0.3 is 11.9 Å². The summed E-state index contributed by atoms with van der Waals surface area (Å²) >= 11 is 0. The second-order valence-corrected chi connectivity index (χ2v) is 13.7. The Bertz CT molecular complexity index is 1990. The molecule has 0 atom stereocenters. The summed E-state index contributed by atoms with van der Waals surface area (Å²) < 4.78 is 13.8. The minimum absolute atomic E-state index is 0.0440. The van der Waals surface area contributed by atoms with Crippen LogP contribution in [0.5, 0.6) is 11.5 Å². The zero-order valence-electron chi connectivity index (χ0n) is 32.0. The van der Waals surface area contributed by atoms with E-state index in [1.165, 1.54) is 0 Å². The number of hydrogen-bond acceptors (Lipinski definition) is 7. The predicted molar refractivity (Wildman–Crippen MR) is 207 cm³/mol. The molecular formula is C44H53N2O6+. The number of allylic oxidation sites excluding steroid dienone is 4. The highest BCUT2D eigenvalue weighted by atomic mass is 16.5. The van der Waals surface area contributed by atoms with Crippen LogP contribution < -0.4 is 18.9 Å². The molecular weight excluding hydrogens is 652 g/mol. The summed E-state index contributed by atoms with van der Waals surface area (Å²) in [5.74, 6) is 0.326. The number of pyridine rings is 1. The van der Waals surface area contributed by atoms with Crippen LogP contribution in [-0.2, 0) is 20.9 Å². The Kier molecular flexibility index (Phi) is 11.6. The van der Waals surface area contributed by atoms with E-state index < -0.39 is 10.8 Å². The van der Waals surface area contributed by atoms with E-state index in [9.17, 15) is 19.5 Å². The number of likely N-dealkylation sites (N-methyl/N-ethyl adjacent to an activating group) is 1. The van der Waals surface area contributed by atoms with Gasteiger partial charge in [-0.15, -0.1) is 0 Å². The first-order chi connectivity index (χ1) is 25.0. The van der Waals surface area contributed by atoms with Gasteiger partial charge in [-0.05, 0) is 101 Å². The van der Waals surface area contributed by atoms with Crippen LogP contribution in [0.15, 0.2) is 83.3 Å². The van der Waals surface area contributed by atoms with E-state index in [0.29, 0.717) is 24.6 Å². The summed E-state index contributed by atoms with van der Waals surface area (Å²) in [5, 5.41) is 12.1. The van der Waals surface area contributed by atoms with Gasteiger partial charge in [-0.1, -0.05) is 47.6 Å². The van der Waals surface area contributed by atoms with E-state index >= 15 is 0 Å². The number of aryl methyl sites for hydroxylation is 1. The molecule has 52 heavy (non-hydrogen) atoms. The molecule has 0 fully saturated rings. The van der Waals surface area contributed by atoms with Crippen molar-refractivity contribution in [2.45, 2.75) is 100 Å². The number of anilines is 1. The van der Waals surface area contributed by atoms with Gasteiger partial charge in [0.2, 0.25) is 17.0 Å². The Morgan fingerprint density at radius 3 is 1.87 bits per heavy atom. The normalized spacial score (nSPS) is 16.1. The number of rotatable bonds is 14. The molecule has 3 aromatic rings. The van der Waals surface area contributed by atoms with Crippen LogP contribution in [0.3, 0.4) is 0 Å². The van der Waals surface area contributed by atoms with Gasteiger partial charge in [0.25, 0.3) is 0 Å². The second-order valence-electron chi connectivity index (χ2n) is 13.7. The first-order valence-electron chi connectivity index (χ1n) is 18.9. The molecule has 2 aromatic carbocycles. The molecule has 1 aromatic heterocycles. The van der Waals surface area contributed by atoms with Crippen LogP contribution in [-0.4, -0.2) is 29.4 Å². The molecule has 0 spiro atoms. The van der Waals surface area contributed by atoms with Gasteiger partial charge in [-0.3, -0.25) is 14.4 Å². The van der Waals surface area contributed by atoms with E-state index in [2.05, 4.69) is 9.47 Å². The lowest BCUT2D eigenvalue weighted by atomic mass is 9.80. The molecule has 2 aliphatic rings. The summed E-state index contributed by atoms with van der Waals surface area (Å²) in [7, 11) is 0. The van der Waals surface area contributed by atoms with Crippen LogP contribution in [0, 0.1) is 10.8 Å². The number of Topliss-reactive ketones (excluding diaryl/α,β-unsaturated/α-hetero) is 1. The van der Waals surface area contributed by atoms with Crippen LogP contribution in [0.25, 0.3) is 23.1 Å². The molecule has 1 N–H and O–H groups in total. The lowest BCUT2D eigenvalue weighted by molar-refractivity contribution is -0.669. The number of esters is 2. The Labute approximate surface area is 308 Å². The number of nitrogens with zero attached hydrogens (tertiary/aromatic N) is 2. The number of carbonyl (C=O) groups excluding carboxylic acids is 3. The maximum absolute atomic E-state index is 13.5. The average Bonchev–Trinajstić information content (AvgIpc) is 3.17. The molecule has 0 amide bonds. The minimum atomic E-state index is -0.493.